The number of nitrogens with zero attached hydrogens (tertiary/aromatic N) is 2. The van der Waals surface area contributed by atoms with E-state index in [1.165, 1.54) is 13.0 Å². The van der Waals surface area contributed by atoms with Crippen molar-refractivity contribution < 1.29 is 14.0 Å². The molecule has 5 nitrogen and oxygen atoms in total. The zero-order valence-electron chi connectivity index (χ0n) is 16.1. The number of Topliss-reactive ketones (excluding diaryl/α,β-unsaturated/α-hetero) is 1. The van der Waals surface area contributed by atoms with E-state index in [1.807, 2.05) is 4.90 Å². The molecule has 0 unspecified atom stereocenters. The monoisotopic (exact) mass is 437 g/mol. The lowest BCUT2D eigenvalue weighted by Gasteiger charge is -2.36. The molecule has 0 radical (unpaired) electrons. The van der Waals surface area contributed by atoms with Crippen LogP contribution in [0.5, 0.6) is 0 Å². The molecule has 1 fully saturated rings. The molecule has 2 aromatic rings. The summed E-state index contributed by atoms with van der Waals surface area (Å²) in [6, 6.07) is 9.51. The minimum absolute atomic E-state index is 0.137. The van der Waals surface area contributed by atoms with Crippen molar-refractivity contribution in [3.05, 3.63) is 57.8 Å². The number of carbonyl (C=O) groups is 2. The summed E-state index contributed by atoms with van der Waals surface area (Å²) in [7, 11) is 0. The average Bonchev–Trinajstić information content (AvgIpc) is 2.69. The molecule has 1 aliphatic heterocycles. The molecule has 29 heavy (non-hydrogen) atoms. The third-order valence-electron chi connectivity index (χ3n) is 4.92. The summed E-state index contributed by atoms with van der Waals surface area (Å²) in [5.74, 6) is -0.677. The van der Waals surface area contributed by atoms with E-state index in [0.717, 1.165) is 13.1 Å². The summed E-state index contributed by atoms with van der Waals surface area (Å²) in [6.07, 6.45) is 0.324. The number of hydrogen-bond acceptors (Lipinski definition) is 4. The fraction of sp³-hybridized carbons (Fsp3) is 0.333. The summed E-state index contributed by atoms with van der Waals surface area (Å²) in [5.41, 5.74) is 1.37. The highest BCUT2D eigenvalue weighted by atomic mass is 35.5. The zero-order valence-corrected chi connectivity index (χ0v) is 17.6. The van der Waals surface area contributed by atoms with Crippen LogP contribution < -0.4 is 10.2 Å². The second-order valence-corrected chi connectivity index (χ2v) is 7.82. The highest BCUT2D eigenvalue weighted by Crippen LogP contribution is 2.26. The van der Waals surface area contributed by atoms with Crippen molar-refractivity contribution in [1.29, 1.82) is 0 Å². The second kappa shape index (κ2) is 9.57. The fourth-order valence-corrected chi connectivity index (χ4v) is 3.60. The summed E-state index contributed by atoms with van der Waals surface area (Å²) in [5, 5.41) is 3.72. The molecule has 0 atom stereocenters. The Bertz CT molecular complexity index is 915. The van der Waals surface area contributed by atoms with Crippen molar-refractivity contribution in [3.63, 3.8) is 0 Å². The average molecular weight is 438 g/mol. The first-order valence-corrected chi connectivity index (χ1v) is 10.1. The lowest BCUT2D eigenvalue weighted by atomic mass is 10.1. The van der Waals surface area contributed by atoms with Crippen LogP contribution >= 0.6 is 23.2 Å². The zero-order chi connectivity index (χ0) is 21.0. The maximum Gasteiger partial charge on any atom is 0.225 e. The number of hydrogen-bond donors (Lipinski definition) is 1. The number of benzene rings is 2. The summed E-state index contributed by atoms with van der Waals surface area (Å²) in [4.78, 5) is 27.7. The van der Waals surface area contributed by atoms with Gasteiger partial charge in [-0.05, 0) is 43.3 Å². The summed E-state index contributed by atoms with van der Waals surface area (Å²) < 4.78 is 14.3. The number of halogens is 3. The molecule has 154 valence electrons. The van der Waals surface area contributed by atoms with Crippen LogP contribution in [0.15, 0.2) is 36.4 Å². The highest BCUT2D eigenvalue weighted by molar-refractivity contribution is 6.35. The molecule has 0 aromatic heterocycles. The highest BCUT2D eigenvalue weighted by Gasteiger charge is 2.20. The standard InChI is InChI=1S/C21H22Cl2FN3O2/c1-14(28)15-2-5-20(18(24)12-15)27-10-8-26(9-11-27)7-6-21(29)25-19-13-16(22)3-4-17(19)23/h2-5,12-13H,6-11H2,1H3,(H,25,29). The van der Waals surface area contributed by atoms with Gasteiger partial charge in [-0.15, -0.1) is 0 Å². The van der Waals surface area contributed by atoms with Gasteiger partial charge in [0.25, 0.3) is 0 Å². The maximum atomic E-state index is 14.3. The molecule has 0 bridgehead atoms. The topological polar surface area (TPSA) is 52.7 Å². The van der Waals surface area contributed by atoms with Crippen LogP contribution in [-0.4, -0.2) is 49.3 Å². The first-order chi connectivity index (χ1) is 13.8. The molecule has 0 spiro atoms. The van der Waals surface area contributed by atoms with Gasteiger partial charge in [-0.2, -0.15) is 0 Å². The molecule has 0 saturated carbocycles. The van der Waals surface area contributed by atoms with Crippen LogP contribution in [0.25, 0.3) is 0 Å². The minimum atomic E-state index is -0.385. The first kappa shape index (κ1) is 21.6. The number of carbonyl (C=O) groups excluding carboxylic acids is 2. The number of amides is 1. The van der Waals surface area contributed by atoms with Crippen LogP contribution in [0.3, 0.4) is 0 Å². The van der Waals surface area contributed by atoms with Gasteiger partial charge in [0.1, 0.15) is 5.82 Å². The van der Waals surface area contributed by atoms with Crippen LogP contribution in [-0.2, 0) is 4.79 Å². The van der Waals surface area contributed by atoms with Crippen LogP contribution in [0.1, 0.15) is 23.7 Å². The van der Waals surface area contributed by atoms with Crippen LogP contribution in [0.2, 0.25) is 10.0 Å². The van der Waals surface area contributed by atoms with Crippen molar-refractivity contribution in [2.24, 2.45) is 0 Å². The molecular weight excluding hydrogens is 416 g/mol. The van der Waals surface area contributed by atoms with E-state index in [9.17, 15) is 14.0 Å². The minimum Gasteiger partial charge on any atom is -0.367 e. The van der Waals surface area contributed by atoms with Gasteiger partial charge in [-0.1, -0.05) is 23.2 Å². The second-order valence-electron chi connectivity index (χ2n) is 6.97. The van der Waals surface area contributed by atoms with E-state index in [-0.39, 0.29) is 17.5 Å². The Balaban J connectivity index is 1.48. The van der Waals surface area contributed by atoms with Gasteiger partial charge in [0, 0.05) is 49.7 Å². The Kier molecular flexibility index (Phi) is 7.11. The van der Waals surface area contributed by atoms with E-state index in [2.05, 4.69) is 10.2 Å². The number of piperazine rings is 1. The Morgan fingerprint density at radius 3 is 2.45 bits per heavy atom. The van der Waals surface area contributed by atoms with E-state index < -0.39 is 0 Å². The predicted molar refractivity (Wildman–Crippen MR) is 115 cm³/mol. The molecule has 3 rings (SSSR count). The smallest absolute Gasteiger partial charge is 0.225 e. The van der Waals surface area contributed by atoms with Gasteiger partial charge >= 0.3 is 0 Å². The normalized spacial score (nSPS) is 14.7. The third kappa shape index (κ3) is 5.69. The van der Waals surface area contributed by atoms with Crippen molar-refractivity contribution in [3.8, 4) is 0 Å². The summed E-state index contributed by atoms with van der Waals surface area (Å²) >= 11 is 12.0. The van der Waals surface area contributed by atoms with Crippen molar-refractivity contribution in [2.75, 3.05) is 42.9 Å². The molecule has 1 N–H and O–H groups in total. The van der Waals surface area contributed by atoms with Crippen LogP contribution in [0, 0.1) is 5.82 Å². The quantitative estimate of drug-likeness (QED) is 0.676. The van der Waals surface area contributed by atoms with Gasteiger partial charge in [0.2, 0.25) is 5.91 Å². The molecule has 2 aromatic carbocycles. The molecule has 0 aliphatic carbocycles. The van der Waals surface area contributed by atoms with Crippen molar-refractivity contribution >= 4 is 46.3 Å². The predicted octanol–water partition coefficient (Wildman–Crippen LogP) is 4.49. The fourth-order valence-electron chi connectivity index (χ4n) is 3.26. The van der Waals surface area contributed by atoms with E-state index in [1.54, 1.807) is 30.3 Å². The van der Waals surface area contributed by atoms with Crippen LogP contribution in [0.4, 0.5) is 15.8 Å². The Morgan fingerprint density at radius 2 is 1.79 bits per heavy atom. The van der Waals surface area contributed by atoms with Crippen molar-refractivity contribution in [2.45, 2.75) is 13.3 Å². The molecular formula is C21H22Cl2FN3O2. The number of nitrogens with one attached hydrogen (secondary N) is 1. The van der Waals surface area contributed by atoms with E-state index in [4.69, 9.17) is 23.2 Å². The Morgan fingerprint density at radius 1 is 1.07 bits per heavy atom. The van der Waals surface area contributed by atoms with Gasteiger partial charge in [0.05, 0.1) is 16.4 Å². The molecule has 1 heterocycles. The number of anilines is 2. The van der Waals surface area contributed by atoms with E-state index >= 15 is 0 Å². The molecule has 1 aliphatic rings. The van der Waals surface area contributed by atoms with E-state index in [0.29, 0.717) is 53.0 Å². The number of ketones is 1. The largest absolute Gasteiger partial charge is 0.367 e. The summed E-state index contributed by atoms with van der Waals surface area (Å²) in [6.45, 7) is 4.77. The lowest BCUT2D eigenvalue weighted by molar-refractivity contribution is -0.116. The molecule has 1 amide bonds. The lowest BCUT2D eigenvalue weighted by Crippen LogP contribution is -2.47. The van der Waals surface area contributed by atoms with Gasteiger partial charge in [-0.3, -0.25) is 14.5 Å². The third-order valence-corrected chi connectivity index (χ3v) is 5.49. The Labute approximate surface area is 179 Å². The maximum absolute atomic E-state index is 14.3. The molecule has 1 saturated heterocycles. The van der Waals surface area contributed by atoms with Gasteiger partial charge < -0.3 is 10.2 Å². The van der Waals surface area contributed by atoms with Gasteiger partial charge in [0.15, 0.2) is 5.78 Å². The first-order valence-electron chi connectivity index (χ1n) is 9.36. The Hall–Kier alpha value is -2.15. The number of rotatable bonds is 6. The van der Waals surface area contributed by atoms with Gasteiger partial charge in [-0.25, -0.2) is 4.39 Å². The SMILES string of the molecule is CC(=O)c1ccc(N2CCN(CCC(=O)Nc3cc(Cl)ccc3Cl)CC2)c(F)c1. The molecule has 8 heteroatoms. The van der Waals surface area contributed by atoms with Crippen molar-refractivity contribution in [1.82, 2.24) is 4.90 Å².